The second-order valence-electron chi connectivity index (χ2n) is 6.05. The molecule has 0 unspecified atom stereocenters. The van der Waals surface area contributed by atoms with E-state index in [4.69, 9.17) is 0 Å². The largest absolute Gasteiger partial charge is 0.355 e. The van der Waals surface area contributed by atoms with Gasteiger partial charge in [0, 0.05) is 31.3 Å². The highest BCUT2D eigenvalue weighted by molar-refractivity contribution is 7.07. The smallest absolute Gasteiger partial charge is 0.225 e. The van der Waals surface area contributed by atoms with Crippen molar-refractivity contribution in [3.8, 4) is 0 Å². The van der Waals surface area contributed by atoms with Crippen molar-refractivity contribution in [2.24, 2.45) is 5.92 Å². The van der Waals surface area contributed by atoms with Crippen molar-refractivity contribution >= 4 is 23.2 Å². The van der Waals surface area contributed by atoms with E-state index in [-0.39, 0.29) is 23.8 Å². The molecule has 24 heavy (non-hydrogen) atoms. The highest BCUT2D eigenvalue weighted by Gasteiger charge is 2.36. The fourth-order valence-corrected chi connectivity index (χ4v) is 3.61. The van der Waals surface area contributed by atoms with Gasteiger partial charge in [-0.1, -0.05) is 30.3 Å². The lowest BCUT2D eigenvalue weighted by Crippen LogP contribution is -2.34. The van der Waals surface area contributed by atoms with E-state index < -0.39 is 0 Å². The van der Waals surface area contributed by atoms with Gasteiger partial charge in [-0.25, -0.2) is 4.98 Å². The van der Waals surface area contributed by atoms with Gasteiger partial charge in [-0.15, -0.1) is 11.3 Å². The number of likely N-dealkylation sites (tertiary alicyclic amines) is 1. The molecule has 1 aliphatic heterocycles. The summed E-state index contributed by atoms with van der Waals surface area (Å²) in [6.45, 7) is 3.05. The maximum Gasteiger partial charge on any atom is 0.225 e. The normalized spacial score (nSPS) is 18.6. The van der Waals surface area contributed by atoms with E-state index in [0.29, 0.717) is 19.5 Å². The van der Waals surface area contributed by atoms with Crippen LogP contribution >= 0.6 is 11.3 Å². The van der Waals surface area contributed by atoms with Gasteiger partial charge in [0.15, 0.2) is 0 Å². The summed E-state index contributed by atoms with van der Waals surface area (Å²) in [5.41, 5.74) is 3.87. The molecule has 0 aliphatic carbocycles. The lowest BCUT2D eigenvalue weighted by atomic mass is 10.1. The number of carbonyl (C=O) groups excluding carboxylic acids is 2. The van der Waals surface area contributed by atoms with Crippen molar-refractivity contribution < 1.29 is 9.59 Å². The number of nitrogens with one attached hydrogen (secondary N) is 1. The molecule has 0 spiro atoms. The first-order chi connectivity index (χ1) is 11.6. The Balaban J connectivity index is 1.53. The number of nitrogens with zero attached hydrogens (tertiary/aromatic N) is 2. The van der Waals surface area contributed by atoms with Crippen LogP contribution in [0.1, 0.15) is 30.6 Å². The first-order valence-electron chi connectivity index (χ1n) is 8.14. The summed E-state index contributed by atoms with van der Waals surface area (Å²) in [6.07, 6.45) is 1.01. The SMILES string of the molecule is C[C@H](c1ccccc1)N1C[C@@H](C(=O)NCCc2cscn2)CC1=O. The standard InChI is InChI=1S/C18H21N3O2S/c1-13(14-5-3-2-4-6-14)21-10-15(9-17(21)22)18(23)19-8-7-16-11-24-12-20-16/h2-6,11-13,15H,7-10H2,1H3,(H,19,23)/t13-,15+/m1/s1. The Morgan fingerprint density at radius 3 is 2.92 bits per heavy atom. The maximum atomic E-state index is 12.3. The fraction of sp³-hybridized carbons (Fsp3) is 0.389. The highest BCUT2D eigenvalue weighted by Crippen LogP contribution is 2.28. The molecule has 126 valence electrons. The van der Waals surface area contributed by atoms with Gasteiger partial charge in [-0.2, -0.15) is 0 Å². The topological polar surface area (TPSA) is 62.3 Å². The number of hydrogen-bond donors (Lipinski definition) is 1. The van der Waals surface area contributed by atoms with Crippen LogP contribution in [0, 0.1) is 5.92 Å². The number of carbonyl (C=O) groups is 2. The summed E-state index contributed by atoms with van der Waals surface area (Å²) in [6, 6.07) is 9.91. The monoisotopic (exact) mass is 343 g/mol. The minimum atomic E-state index is -0.265. The number of hydrogen-bond acceptors (Lipinski definition) is 4. The zero-order valence-electron chi connectivity index (χ0n) is 13.6. The Bertz CT molecular complexity index is 688. The number of amides is 2. The Kier molecular flexibility index (Phi) is 5.25. The molecule has 5 nitrogen and oxygen atoms in total. The average molecular weight is 343 g/mol. The summed E-state index contributed by atoms with van der Waals surface area (Å²) < 4.78 is 0. The van der Waals surface area contributed by atoms with Crippen LogP contribution < -0.4 is 5.32 Å². The predicted octanol–water partition coefficient (Wildman–Crippen LogP) is 2.41. The highest BCUT2D eigenvalue weighted by atomic mass is 32.1. The fourth-order valence-electron chi connectivity index (χ4n) is 3.01. The second-order valence-corrected chi connectivity index (χ2v) is 6.77. The van der Waals surface area contributed by atoms with E-state index in [1.54, 1.807) is 21.7 Å². The third-order valence-electron chi connectivity index (χ3n) is 4.44. The summed E-state index contributed by atoms with van der Waals surface area (Å²) in [7, 11) is 0. The van der Waals surface area contributed by atoms with Gasteiger partial charge in [0.2, 0.25) is 11.8 Å². The number of aromatic nitrogens is 1. The predicted molar refractivity (Wildman–Crippen MR) is 93.5 cm³/mol. The molecular weight excluding hydrogens is 322 g/mol. The molecule has 2 amide bonds. The van der Waals surface area contributed by atoms with Crippen LogP contribution in [0.2, 0.25) is 0 Å². The molecule has 3 rings (SSSR count). The minimum absolute atomic E-state index is 0.00786. The van der Waals surface area contributed by atoms with Crippen LogP contribution in [0.3, 0.4) is 0 Å². The molecular formula is C18H21N3O2S. The molecule has 6 heteroatoms. The van der Waals surface area contributed by atoms with Gasteiger partial charge in [0.05, 0.1) is 23.2 Å². The number of rotatable bonds is 6. The van der Waals surface area contributed by atoms with Crippen LogP contribution in [0.15, 0.2) is 41.2 Å². The van der Waals surface area contributed by atoms with E-state index >= 15 is 0 Å². The Morgan fingerprint density at radius 1 is 1.42 bits per heavy atom. The van der Waals surface area contributed by atoms with E-state index in [2.05, 4.69) is 10.3 Å². The lowest BCUT2D eigenvalue weighted by Gasteiger charge is -2.25. The molecule has 1 aliphatic rings. The molecule has 0 radical (unpaired) electrons. The zero-order valence-corrected chi connectivity index (χ0v) is 14.5. The average Bonchev–Trinajstić information content (AvgIpc) is 3.24. The van der Waals surface area contributed by atoms with E-state index in [0.717, 1.165) is 17.7 Å². The lowest BCUT2D eigenvalue weighted by molar-refractivity contribution is -0.130. The van der Waals surface area contributed by atoms with Gasteiger partial charge in [-0.05, 0) is 12.5 Å². The summed E-state index contributed by atoms with van der Waals surface area (Å²) in [4.78, 5) is 30.6. The zero-order chi connectivity index (χ0) is 16.9. The quantitative estimate of drug-likeness (QED) is 0.876. The maximum absolute atomic E-state index is 12.3. The third-order valence-corrected chi connectivity index (χ3v) is 5.08. The van der Waals surface area contributed by atoms with Gasteiger partial charge in [0.25, 0.3) is 0 Å². The molecule has 2 aromatic rings. The van der Waals surface area contributed by atoms with Gasteiger partial charge >= 0.3 is 0 Å². The molecule has 1 aromatic carbocycles. The second kappa shape index (κ2) is 7.57. The molecule has 1 N–H and O–H groups in total. The molecule has 0 bridgehead atoms. The van der Waals surface area contributed by atoms with Crippen molar-refractivity contribution in [2.45, 2.75) is 25.8 Å². The van der Waals surface area contributed by atoms with Gasteiger partial charge in [-0.3, -0.25) is 9.59 Å². The molecule has 2 atom stereocenters. The number of thiazole rings is 1. The van der Waals surface area contributed by atoms with Crippen molar-refractivity contribution in [1.29, 1.82) is 0 Å². The minimum Gasteiger partial charge on any atom is -0.355 e. The van der Waals surface area contributed by atoms with Crippen LogP contribution in [0.5, 0.6) is 0 Å². The first kappa shape index (κ1) is 16.6. The number of benzene rings is 1. The van der Waals surface area contributed by atoms with E-state index in [1.807, 2.05) is 42.6 Å². The van der Waals surface area contributed by atoms with Gasteiger partial charge < -0.3 is 10.2 Å². The molecule has 1 fully saturated rings. The van der Waals surface area contributed by atoms with Crippen LogP contribution in [-0.4, -0.2) is 34.8 Å². The van der Waals surface area contributed by atoms with Crippen molar-refractivity contribution in [1.82, 2.24) is 15.2 Å². The van der Waals surface area contributed by atoms with Crippen molar-refractivity contribution in [3.05, 3.63) is 52.5 Å². The van der Waals surface area contributed by atoms with Crippen molar-refractivity contribution in [2.75, 3.05) is 13.1 Å². The summed E-state index contributed by atoms with van der Waals surface area (Å²) in [5, 5.41) is 4.91. The Morgan fingerprint density at radius 2 is 2.21 bits per heavy atom. The third kappa shape index (κ3) is 3.82. The molecule has 2 heterocycles. The van der Waals surface area contributed by atoms with E-state index in [1.165, 1.54) is 0 Å². The molecule has 1 saturated heterocycles. The molecule has 0 saturated carbocycles. The van der Waals surface area contributed by atoms with Gasteiger partial charge in [0.1, 0.15) is 0 Å². The summed E-state index contributed by atoms with van der Waals surface area (Å²) >= 11 is 1.55. The Labute approximate surface area is 145 Å². The molecule has 1 aromatic heterocycles. The van der Waals surface area contributed by atoms with E-state index in [9.17, 15) is 9.59 Å². The first-order valence-corrected chi connectivity index (χ1v) is 9.08. The summed E-state index contributed by atoms with van der Waals surface area (Å²) in [5.74, 6) is -0.258. The van der Waals surface area contributed by atoms with Crippen molar-refractivity contribution in [3.63, 3.8) is 0 Å². The Hall–Kier alpha value is -2.21. The van der Waals surface area contributed by atoms with Crippen LogP contribution in [-0.2, 0) is 16.0 Å². The van der Waals surface area contributed by atoms with Crippen LogP contribution in [0.25, 0.3) is 0 Å². The van der Waals surface area contributed by atoms with Crippen LogP contribution in [0.4, 0.5) is 0 Å².